The van der Waals surface area contributed by atoms with E-state index >= 15 is 0 Å². The third kappa shape index (κ3) is 4.81. The van der Waals surface area contributed by atoms with Crippen LogP contribution in [-0.4, -0.2) is 23.1 Å². The van der Waals surface area contributed by atoms with E-state index in [9.17, 15) is 0 Å². The monoisotopic (exact) mass is 152 g/mol. The van der Waals surface area contributed by atoms with Crippen molar-refractivity contribution in [3.05, 3.63) is 0 Å². The normalized spacial score (nSPS) is 10.5. The molecule has 0 fully saturated rings. The van der Waals surface area contributed by atoms with Gasteiger partial charge in [0.05, 0.1) is 6.54 Å². The molecule has 3 heteroatoms. The molecular weight excluding hydrogens is 138 g/mol. The van der Waals surface area contributed by atoms with Gasteiger partial charge >= 0.3 is 0 Å². The van der Waals surface area contributed by atoms with Crippen molar-refractivity contribution in [2.45, 2.75) is 13.3 Å². The summed E-state index contributed by atoms with van der Waals surface area (Å²) in [7, 11) is 0. The van der Waals surface area contributed by atoms with Crippen LogP contribution in [0.15, 0.2) is 0 Å². The average Bonchev–Trinajstić information content (AvgIpc) is 1.68. The van der Waals surface area contributed by atoms with Gasteiger partial charge in [0.2, 0.25) is 0 Å². The van der Waals surface area contributed by atoms with E-state index in [1.54, 1.807) is 0 Å². The van der Waals surface area contributed by atoms with Crippen LogP contribution in [0.1, 0.15) is 13.3 Å². The van der Waals surface area contributed by atoms with Gasteiger partial charge in [-0.15, -0.1) is 0 Å². The van der Waals surface area contributed by atoms with Crippen molar-refractivity contribution in [3.8, 4) is 0 Å². The Kier molecular flexibility index (Phi) is 6.27. The molecule has 0 aliphatic rings. The van der Waals surface area contributed by atoms with Crippen LogP contribution in [-0.2, 0) is 12.6 Å². The zero-order valence-electron chi connectivity index (χ0n) is 5.22. The molecule has 0 spiro atoms. The van der Waals surface area contributed by atoms with Crippen molar-refractivity contribution in [2.24, 2.45) is 0 Å². The average molecular weight is 152 g/mol. The summed E-state index contributed by atoms with van der Waals surface area (Å²) in [5.41, 5.74) is 0. The summed E-state index contributed by atoms with van der Waals surface area (Å²) < 4.78 is 2.01. The molecule has 0 rings (SSSR count). The number of hydrogen-bond donors (Lipinski definition) is 1. The van der Waals surface area contributed by atoms with Gasteiger partial charge in [0.25, 0.3) is 0 Å². The topological polar surface area (TPSA) is 3.24 Å². The summed E-state index contributed by atoms with van der Waals surface area (Å²) in [5, 5.41) is 0. The molecule has 0 atom stereocenters. The Labute approximate surface area is 62.4 Å². The third-order valence-corrected chi connectivity index (χ3v) is 1.48. The van der Waals surface area contributed by atoms with Crippen LogP contribution in [0.2, 0.25) is 0 Å². The highest BCUT2D eigenvalue weighted by Gasteiger charge is 1.94. The van der Waals surface area contributed by atoms with E-state index < -0.39 is 0 Å². The maximum atomic E-state index is 4.19. The van der Waals surface area contributed by atoms with Gasteiger partial charge in [0.15, 0.2) is 0 Å². The second-order valence-electron chi connectivity index (χ2n) is 1.70. The van der Waals surface area contributed by atoms with Gasteiger partial charge in [0, 0.05) is 6.54 Å². The molecule has 1 nitrogen and oxygen atoms in total. The highest BCUT2D eigenvalue weighted by Crippen LogP contribution is 1.92. The van der Waals surface area contributed by atoms with E-state index in [-0.39, 0.29) is 0 Å². The lowest BCUT2D eigenvalue weighted by Crippen LogP contribution is -2.16. The van der Waals surface area contributed by atoms with Gasteiger partial charge in [0.1, 0.15) is 5.75 Å². The van der Waals surface area contributed by atoms with Gasteiger partial charge in [-0.2, -0.15) is 0 Å². The first-order chi connectivity index (χ1) is 3.81. The van der Waals surface area contributed by atoms with Crippen LogP contribution in [0, 0.1) is 0 Å². The first-order valence-electron chi connectivity index (χ1n) is 2.89. The largest absolute Gasteiger partial charge is 0.249 e. The minimum absolute atomic E-state index is 1.00. The number of hydrogen-bond acceptors (Lipinski definition) is 2. The highest BCUT2D eigenvalue weighted by molar-refractivity contribution is 7.77. The molecule has 50 valence electrons. The zero-order chi connectivity index (χ0) is 6.41. The SMILES string of the molecule is CCCN(S)CC[SH2+]. The van der Waals surface area contributed by atoms with Crippen LogP contribution in [0.3, 0.4) is 0 Å². The maximum absolute atomic E-state index is 4.19. The minimum Gasteiger partial charge on any atom is -0.249 e. The molecule has 0 amide bonds. The summed E-state index contributed by atoms with van der Waals surface area (Å²) in [6.07, 6.45) is 1.18. The summed E-state index contributed by atoms with van der Waals surface area (Å²) >= 11 is 7.56. The van der Waals surface area contributed by atoms with Gasteiger partial charge in [-0.05, 0) is 19.0 Å². The molecule has 0 heterocycles. The van der Waals surface area contributed by atoms with Crippen molar-refractivity contribution in [1.29, 1.82) is 0 Å². The van der Waals surface area contributed by atoms with E-state index in [1.165, 1.54) is 6.42 Å². The Balaban J connectivity index is 2.92. The summed E-state index contributed by atoms with van der Waals surface area (Å²) in [5.74, 6) is 1.00. The molecule has 0 aliphatic heterocycles. The van der Waals surface area contributed by atoms with Crippen molar-refractivity contribution < 1.29 is 0 Å². The van der Waals surface area contributed by atoms with Crippen LogP contribution in [0.4, 0.5) is 0 Å². The lowest BCUT2D eigenvalue weighted by Gasteiger charge is -2.08. The number of thiol groups is 1. The predicted octanol–water partition coefficient (Wildman–Crippen LogP) is 0.555. The lowest BCUT2D eigenvalue weighted by molar-refractivity contribution is 0.504. The van der Waals surface area contributed by atoms with Crippen LogP contribution >= 0.6 is 12.8 Å². The summed E-state index contributed by atoms with van der Waals surface area (Å²) in [6.45, 7) is 4.25. The molecule has 0 aromatic carbocycles. The lowest BCUT2D eigenvalue weighted by atomic mass is 10.5. The van der Waals surface area contributed by atoms with Crippen molar-refractivity contribution in [1.82, 2.24) is 4.31 Å². The third-order valence-electron chi connectivity index (χ3n) is 0.852. The molecule has 0 N–H and O–H groups in total. The smallest absolute Gasteiger partial charge is 0.117 e. The van der Waals surface area contributed by atoms with E-state index in [0.29, 0.717) is 0 Å². The van der Waals surface area contributed by atoms with E-state index in [0.717, 1.165) is 18.8 Å². The molecule has 0 radical (unpaired) electrons. The number of nitrogens with zero attached hydrogens (tertiary/aromatic N) is 1. The Morgan fingerprint density at radius 2 is 2.12 bits per heavy atom. The molecule has 0 saturated carbocycles. The maximum Gasteiger partial charge on any atom is 0.117 e. The Morgan fingerprint density at radius 3 is 2.50 bits per heavy atom. The molecule has 0 aliphatic carbocycles. The molecule has 0 unspecified atom stereocenters. The van der Waals surface area contributed by atoms with Crippen molar-refractivity contribution >= 4 is 25.4 Å². The van der Waals surface area contributed by atoms with Gasteiger partial charge < -0.3 is 0 Å². The first kappa shape index (κ1) is 8.66. The fourth-order valence-electron chi connectivity index (χ4n) is 0.499. The summed E-state index contributed by atoms with van der Waals surface area (Å²) in [4.78, 5) is 0. The summed E-state index contributed by atoms with van der Waals surface area (Å²) in [6, 6.07) is 0. The van der Waals surface area contributed by atoms with Crippen LogP contribution in [0.25, 0.3) is 0 Å². The van der Waals surface area contributed by atoms with Gasteiger partial charge in [-0.25, -0.2) is 4.31 Å². The Bertz CT molecular complexity index is 43.7. The van der Waals surface area contributed by atoms with Gasteiger partial charge in [-0.3, -0.25) is 0 Å². The molecule has 0 aromatic rings. The van der Waals surface area contributed by atoms with Gasteiger partial charge in [-0.1, -0.05) is 19.7 Å². The minimum atomic E-state index is 1.00. The zero-order valence-corrected chi connectivity index (χ0v) is 7.12. The standard InChI is InChI=1S/C5H13NS2/c1-2-3-6(8)4-5-7/h7-8H,2-5H2,1H3/p+1. The molecule has 0 bridgehead atoms. The van der Waals surface area contributed by atoms with Crippen LogP contribution in [0.5, 0.6) is 0 Å². The van der Waals surface area contributed by atoms with Crippen molar-refractivity contribution in [3.63, 3.8) is 0 Å². The number of rotatable bonds is 4. The van der Waals surface area contributed by atoms with E-state index in [2.05, 4.69) is 32.4 Å². The highest BCUT2D eigenvalue weighted by atomic mass is 32.1. The second kappa shape index (κ2) is 5.79. The van der Waals surface area contributed by atoms with Crippen molar-refractivity contribution in [2.75, 3.05) is 18.8 Å². The van der Waals surface area contributed by atoms with E-state index in [4.69, 9.17) is 0 Å². The fraction of sp³-hybridized carbons (Fsp3) is 1.00. The quantitative estimate of drug-likeness (QED) is 0.455. The van der Waals surface area contributed by atoms with Crippen LogP contribution < -0.4 is 0 Å². The van der Waals surface area contributed by atoms with E-state index in [1.807, 2.05) is 4.31 Å². The first-order valence-corrected chi connectivity index (χ1v) is 4.00. The molecular formula is C5H14NS2+. The molecule has 8 heavy (non-hydrogen) atoms. The molecule has 0 aromatic heterocycles. The second-order valence-corrected chi connectivity index (χ2v) is 2.77. The Morgan fingerprint density at radius 1 is 1.50 bits per heavy atom. The molecule has 0 saturated heterocycles. The Hall–Kier alpha value is 0.660. The predicted molar refractivity (Wildman–Crippen MR) is 45.9 cm³/mol. The fourth-order valence-corrected chi connectivity index (χ4v) is 1.26.